The smallest absolute Gasteiger partial charge is 0.239 e. The molecule has 1 aromatic heterocycles. The van der Waals surface area contributed by atoms with E-state index in [2.05, 4.69) is 33.2 Å². The van der Waals surface area contributed by atoms with E-state index in [-0.39, 0.29) is 16.8 Å². The van der Waals surface area contributed by atoms with E-state index in [0.717, 1.165) is 28.8 Å². The van der Waals surface area contributed by atoms with Gasteiger partial charge >= 0.3 is 0 Å². The largest absolute Gasteiger partial charge is 0.491 e. The van der Waals surface area contributed by atoms with E-state index in [1.165, 1.54) is 11.3 Å². The van der Waals surface area contributed by atoms with Gasteiger partial charge in [0.2, 0.25) is 5.91 Å². The van der Waals surface area contributed by atoms with Crippen LogP contribution in [0.2, 0.25) is 0 Å². The molecule has 1 atom stereocenters. The van der Waals surface area contributed by atoms with Gasteiger partial charge in [0.15, 0.2) is 5.13 Å². The predicted octanol–water partition coefficient (Wildman–Crippen LogP) is 4.59. The lowest BCUT2D eigenvalue weighted by Crippen LogP contribution is -2.22. The number of benzene rings is 1. The maximum atomic E-state index is 12.0. The quantitative estimate of drug-likeness (QED) is 0.756. The second kappa shape index (κ2) is 7.22. The summed E-state index contributed by atoms with van der Waals surface area (Å²) in [7, 11) is 0. The number of nitrogens with zero attached hydrogens (tertiary/aromatic N) is 1. The van der Waals surface area contributed by atoms with Gasteiger partial charge in [0, 0.05) is 0 Å². The minimum Gasteiger partial charge on any atom is -0.491 e. The zero-order chi connectivity index (χ0) is 15.4. The van der Waals surface area contributed by atoms with Crippen molar-refractivity contribution in [2.24, 2.45) is 0 Å². The molecule has 1 aromatic carbocycles. The first kappa shape index (κ1) is 16.2. The Morgan fingerprint density at radius 2 is 2.24 bits per heavy atom. The van der Waals surface area contributed by atoms with Gasteiger partial charge in [-0.15, -0.1) is 0 Å². The number of fused-ring (bicyclic) bond motifs is 1. The van der Waals surface area contributed by atoms with Gasteiger partial charge in [-0.1, -0.05) is 40.6 Å². The molecular formula is C15H19BrN2O2S. The summed E-state index contributed by atoms with van der Waals surface area (Å²) in [6.45, 7) is 6.04. The van der Waals surface area contributed by atoms with Crippen molar-refractivity contribution in [1.82, 2.24) is 4.98 Å². The Kier molecular flexibility index (Phi) is 5.58. The highest BCUT2D eigenvalue weighted by molar-refractivity contribution is 9.10. The molecule has 0 saturated carbocycles. The van der Waals surface area contributed by atoms with Crippen molar-refractivity contribution in [2.75, 3.05) is 5.32 Å². The van der Waals surface area contributed by atoms with E-state index in [9.17, 15) is 4.79 Å². The predicted molar refractivity (Wildman–Crippen MR) is 91.6 cm³/mol. The zero-order valence-corrected chi connectivity index (χ0v) is 14.8. The van der Waals surface area contributed by atoms with Crippen molar-refractivity contribution in [1.29, 1.82) is 0 Å². The number of alkyl halides is 1. The number of carbonyl (C=O) groups excluding carboxylic acids is 1. The van der Waals surface area contributed by atoms with Gasteiger partial charge in [0.1, 0.15) is 5.75 Å². The number of ether oxygens (including phenoxy) is 1. The summed E-state index contributed by atoms with van der Waals surface area (Å²) >= 11 is 4.85. The van der Waals surface area contributed by atoms with Crippen LogP contribution in [-0.4, -0.2) is 21.8 Å². The summed E-state index contributed by atoms with van der Waals surface area (Å²) in [5.41, 5.74) is 0.869. The first-order chi connectivity index (χ1) is 9.99. The van der Waals surface area contributed by atoms with Gasteiger partial charge < -0.3 is 10.1 Å². The highest BCUT2D eigenvalue weighted by Crippen LogP contribution is 2.30. The third-order valence-corrected chi connectivity index (χ3v) is 4.60. The summed E-state index contributed by atoms with van der Waals surface area (Å²) < 4.78 is 6.67. The fourth-order valence-electron chi connectivity index (χ4n) is 1.87. The number of amides is 1. The van der Waals surface area contributed by atoms with Crippen molar-refractivity contribution in [3.8, 4) is 5.75 Å². The van der Waals surface area contributed by atoms with Crippen LogP contribution < -0.4 is 10.1 Å². The van der Waals surface area contributed by atoms with Crippen LogP contribution in [0.1, 0.15) is 33.6 Å². The van der Waals surface area contributed by atoms with Crippen molar-refractivity contribution in [2.45, 2.75) is 44.5 Å². The van der Waals surface area contributed by atoms with Crippen LogP contribution in [0.3, 0.4) is 0 Å². The Morgan fingerprint density at radius 1 is 1.48 bits per heavy atom. The molecule has 2 aromatic rings. The fourth-order valence-corrected chi connectivity index (χ4v) is 3.34. The molecule has 1 heterocycles. The minimum absolute atomic E-state index is 0.0467. The molecule has 0 saturated heterocycles. The summed E-state index contributed by atoms with van der Waals surface area (Å²) in [4.78, 5) is 16.2. The van der Waals surface area contributed by atoms with E-state index in [1.54, 1.807) is 0 Å². The lowest BCUT2D eigenvalue weighted by molar-refractivity contribution is -0.115. The number of rotatable bonds is 6. The number of halogens is 1. The van der Waals surface area contributed by atoms with E-state index in [0.29, 0.717) is 5.13 Å². The number of hydrogen-bond acceptors (Lipinski definition) is 4. The molecule has 0 radical (unpaired) electrons. The van der Waals surface area contributed by atoms with Gasteiger partial charge in [0.05, 0.1) is 21.1 Å². The van der Waals surface area contributed by atoms with Crippen molar-refractivity contribution >= 4 is 48.5 Å². The van der Waals surface area contributed by atoms with Crippen molar-refractivity contribution in [3.05, 3.63) is 18.2 Å². The fraction of sp³-hybridized carbons (Fsp3) is 0.467. The van der Waals surface area contributed by atoms with Crippen molar-refractivity contribution < 1.29 is 9.53 Å². The highest BCUT2D eigenvalue weighted by atomic mass is 79.9. The summed E-state index contributed by atoms with van der Waals surface area (Å²) in [6.07, 6.45) is 1.90. The molecule has 0 spiro atoms. The van der Waals surface area contributed by atoms with Gasteiger partial charge in [-0.3, -0.25) is 4.79 Å². The van der Waals surface area contributed by atoms with Crippen LogP contribution in [0.5, 0.6) is 5.75 Å². The molecule has 4 nitrogen and oxygen atoms in total. The highest BCUT2D eigenvalue weighted by Gasteiger charge is 2.15. The molecule has 21 heavy (non-hydrogen) atoms. The normalized spacial score (nSPS) is 12.6. The Balaban J connectivity index is 2.13. The van der Waals surface area contributed by atoms with E-state index in [1.807, 2.05) is 32.0 Å². The van der Waals surface area contributed by atoms with Crippen LogP contribution >= 0.6 is 27.3 Å². The number of aromatic nitrogens is 1. The molecule has 0 fully saturated rings. The number of hydrogen-bond donors (Lipinski definition) is 1. The number of carbonyl (C=O) groups is 1. The second-order valence-electron chi connectivity index (χ2n) is 5.06. The Labute approximate surface area is 137 Å². The Bertz CT molecular complexity index is 627. The average Bonchev–Trinajstić information content (AvgIpc) is 2.79. The molecule has 0 aliphatic heterocycles. The standard InChI is InChI=1S/C15H19BrN2O2S/c1-4-5-11(16)14(19)18-15-17-12-7-6-10(20-9(2)3)8-13(12)21-15/h6-9,11H,4-5H2,1-3H3,(H,17,18,19)/t11-/m1/s1. The molecule has 6 heteroatoms. The molecule has 114 valence electrons. The molecule has 0 bridgehead atoms. The number of nitrogens with one attached hydrogen (secondary N) is 1. The van der Waals surface area contributed by atoms with Gasteiger partial charge in [-0.25, -0.2) is 4.98 Å². The van der Waals surface area contributed by atoms with Crippen LogP contribution in [0.4, 0.5) is 5.13 Å². The Hall–Kier alpha value is -1.14. The minimum atomic E-state index is -0.172. The zero-order valence-electron chi connectivity index (χ0n) is 12.4. The van der Waals surface area contributed by atoms with Crippen molar-refractivity contribution in [3.63, 3.8) is 0 Å². The number of thiazole rings is 1. The van der Waals surface area contributed by atoms with Crippen LogP contribution in [0, 0.1) is 0 Å². The summed E-state index contributed by atoms with van der Waals surface area (Å²) in [5, 5.41) is 3.48. The first-order valence-electron chi connectivity index (χ1n) is 7.01. The average molecular weight is 371 g/mol. The molecule has 0 unspecified atom stereocenters. The Morgan fingerprint density at radius 3 is 2.90 bits per heavy atom. The molecule has 0 aliphatic rings. The maximum Gasteiger partial charge on any atom is 0.239 e. The van der Waals surface area contributed by atoms with E-state index >= 15 is 0 Å². The third kappa shape index (κ3) is 4.41. The topological polar surface area (TPSA) is 51.2 Å². The summed E-state index contributed by atoms with van der Waals surface area (Å²) in [5.74, 6) is 0.776. The summed E-state index contributed by atoms with van der Waals surface area (Å²) in [6, 6.07) is 5.77. The van der Waals surface area contributed by atoms with Gasteiger partial charge in [-0.05, 0) is 38.5 Å². The van der Waals surface area contributed by atoms with E-state index < -0.39 is 0 Å². The van der Waals surface area contributed by atoms with Crippen LogP contribution in [0.25, 0.3) is 10.2 Å². The van der Waals surface area contributed by atoms with E-state index in [4.69, 9.17) is 4.74 Å². The molecule has 1 N–H and O–H groups in total. The molecule has 1 amide bonds. The lowest BCUT2D eigenvalue weighted by Gasteiger charge is -2.08. The second-order valence-corrected chi connectivity index (χ2v) is 7.20. The first-order valence-corrected chi connectivity index (χ1v) is 8.75. The number of anilines is 1. The monoisotopic (exact) mass is 370 g/mol. The van der Waals surface area contributed by atoms with Gasteiger partial charge in [-0.2, -0.15) is 0 Å². The molecule has 2 rings (SSSR count). The van der Waals surface area contributed by atoms with Crippen LogP contribution in [0.15, 0.2) is 18.2 Å². The molecular weight excluding hydrogens is 352 g/mol. The van der Waals surface area contributed by atoms with Gasteiger partial charge in [0.25, 0.3) is 0 Å². The van der Waals surface area contributed by atoms with Crippen LogP contribution in [-0.2, 0) is 4.79 Å². The SMILES string of the molecule is CCC[C@@H](Br)C(=O)Nc1nc2ccc(OC(C)C)cc2s1. The maximum absolute atomic E-state index is 12.0. The third-order valence-electron chi connectivity index (χ3n) is 2.79. The lowest BCUT2D eigenvalue weighted by atomic mass is 10.2. The molecule has 0 aliphatic carbocycles.